The van der Waals surface area contributed by atoms with Gasteiger partial charge in [0.1, 0.15) is 0 Å². The summed E-state index contributed by atoms with van der Waals surface area (Å²) < 4.78 is 29.4. The van der Waals surface area contributed by atoms with Crippen molar-refractivity contribution in [2.75, 3.05) is 0 Å². The summed E-state index contributed by atoms with van der Waals surface area (Å²) in [5, 5.41) is 0.843. The van der Waals surface area contributed by atoms with Gasteiger partial charge in [0.15, 0.2) is 5.37 Å². The second kappa shape index (κ2) is 4.30. The number of amides is 1. The first kappa shape index (κ1) is 10.4. The van der Waals surface area contributed by atoms with Crippen LogP contribution in [0.15, 0.2) is 0 Å². The van der Waals surface area contributed by atoms with Gasteiger partial charge in [-0.25, -0.2) is 0 Å². The summed E-state index contributed by atoms with van der Waals surface area (Å²) in [5.74, 6) is 0. The summed E-state index contributed by atoms with van der Waals surface area (Å²) in [7, 11) is -4.13. The van der Waals surface area contributed by atoms with Crippen LogP contribution < -0.4 is 5.32 Å². The van der Waals surface area contributed by atoms with Crippen LogP contribution in [0.2, 0.25) is 0 Å². The Morgan fingerprint density at radius 1 is 1.64 bits per heavy atom. The Bertz CT molecular complexity index is 211. The molecule has 0 aliphatic heterocycles. The molecule has 2 N–H and O–H groups in total. The minimum Gasteiger partial charge on any atom is -0.340 e. The highest BCUT2D eigenvalue weighted by molar-refractivity contribution is 7.86. The minimum absolute atomic E-state index is 0.220. The molecule has 0 aromatic heterocycles. The van der Waals surface area contributed by atoms with Crippen molar-refractivity contribution in [3.05, 3.63) is 0 Å². The summed E-state index contributed by atoms with van der Waals surface area (Å²) in [6.45, 7) is 1.75. The molecule has 0 saturated carbocycles. The fraction of sp³-hybridized carbons (Fsp3) is 0.800. The van der Waals surface area contributed by atoms with Gasteiger partial charge in [-0.3, -0.25) is 9.35 Å². The Labute approximate surface area is 65.5 Å². The molecule has 0 bridgehead atoms. The molecule has 11 heavy (non-hydrogen) atoms. The van der Waals surface area contributed by atoms with Crippen LogP contribution >= 0.6 is 0 Å². The molecule has 0 spiro atoms. The standard InChI is InChI=1S/C5H11NO4S/c1-2-3-5(6-4-7)11(8,9)10/h4-5H,2-3H2,1H3,(H,6,7)(H,8,9,10). The number of hydrogen-bond donors (Lipinski definition) is 2. The molecule has 6 heteroatoms. The van der Waals surface area contributed by atoms with Crippen molar-refractivity contribution >= 4 is 16.5 Å². The van der Waals surface area contributed by atoms with Crippen LogP contribution in [-0.4, -0.2) is 24.8 Å². The quantitative estimate of drug-likeness (QED) is 0.452. The fourth-order valence-electron chi connectivity index (χ4n) is 0.656. The van der Waals surface area contributed by atoms with Gasteiger partial charge in [0.2, 0.25) is 6.41 Å². The Hall–Kier alpha value is -0.620. The van der Waals surface area contributed by atoms with Crippen LogP contribution in [0.1, 0.15) is 19.8 Å². The van der Waals surface area contributed by atoms with E-state index in [1.807, 2.05) is 5.32 Å². The third kappa shape index (κ3) is 3.94. The van der Waals surface area contributed by atoms with E-state index in [2.05, 4.69) is 0 Å². The summed E-state index contributed by atoms with van der Waals surface area (Å²) in [6.07, 6.45) is 1.05. The van der Waals surface area contributed by atoms with Crippen LogP contribution in [0.25, 0.3) is 0 Å². The molecule has 1 unspecified atom stereocenters. The zero-order chi connectivity index (χ0) is 8.91. The van der Waals surface area contributed by atoms with Crippen LogP contribution in [0.3, 0.4) is 0 Å². The van der Waals surface area contributed by atoms with Gasteiger partial charge in [0.25, 0.3) is 10.1 Å². The second-order valence-corrected chi connectivity index (χ2v) is 3.68. The normalized spacial score (nSPS) is 14.0. The van der Waals surface area contributed by atoms with Gasteiger partial charge in [-0.15, -0.1) is 0 Å². The third-order valence-electron chi connectivity index (χ3n) is 1.16. The van der Waals surface area contributed by atoms with E-state index < -0.39 is 15.5 Å². The molecule has 0 heterocycles. The van der Waals surface area contributed by atoms with Gasteiger partial charge in [-0.05, 0) is 6.42 Å². The van der Waals surface area contributed by atoms with E-state index in [-0.39, 0.29) is 12.8 Å². The van der Waals surface area contributed by atoms with Crippen molar-refractivity contribution in [2.24, 2.45) is 0 Å². The smallest absolute Gasteiger partial charge is 0.286 e. The maximum absolute atomic E-state index is 10.4. The summed E-state index contributed by atoms with van der Waals surface area (Å²) >= 11 is 0. The maximum Gasteiger partial charge on any atom is 0.286 e. The number of carbonyl (C=O) groups is 1. The lowest BCUT2D eigenvalue weighted by Gasteiger charge is -2.10. The molecule has 0 aliphatic carbocycles. The Kier molecular flexibility index (Phi) is 4.06. The van der Waals surface area contributed by atoms with E-state index in [9.17, 15) is 13.2 Å². The Balaban J connectivity index is 4.21. The van der Waals surface area contributed by atoms with E-state index in [0.717, 1.165) is 0 Å². The van der Waals surface area contributed by atoms with Gasteiger partial charge in [-0.1, -0.05) is 13.3 Å². The highest BCUT2D eigenvalue weighted by Gasteiger charge is 2.20. The molecule has 0 aromatic carbocycles. The molecule has 5 nitrogen and oxygen atoms in total. The number of nitrogens with one attached hydrogen (secondary N) is 1. The van der Waals surface area contributed by atoms with Crippen LogP contribution in [0.5, 0.6) is 0 Å². The molecule has 0 rings (SSSR count). The lowest BCUT2D eigenvalue weighted by Crippen LogP contribution is -2.35. The fourth-order valence-corrected chi connectivity index (χ4v) is 1.42. The monoisotopic (exact) mass is 181 g/mol. The average molecular weight is 181 g/mol. The second-order valence-electron chi connectivity index (χ2n) is 2.08. The molecule has 0 aromatic rings. The van der Waals surface area contributed by atoms with Crippen molar-refractivity contribution in [2.45, 2.75) is 25.1 Å². The first-order valence-corrected chi connectivity index (χ1v) is 4.68. The zero-order valence-electron chi connectivity index (χ0n) is 6.15. The maximum atomic E-state index is 10.4. The van der Waals surface area contributed by atoms with Gasteiger partial charge >= 0.3 is 0 Å². The average Bonchev–Trinajstić information content (AvgIpc) is 1.85. The first-order chi connectivity index (χ1) is 5.02. The van der Waals surface area contributed by atoms with E-state index in [4.69, 9.17) is 4.55 Å². The SMILES string of the molecule is CCCC(NC=O)S(=O)(=O)O. The lowest BCUT2D eigenvalue weighted by molar-refractivity contribution is -0.109. The Morgan fingerprint density at radius 2 is 2.18 bits per heavy atom. The van der Waals surface area contributed by atoms with Gasteiger partial charge in [-0.2, -0.15) is 8.42 Å². The number of rotatable bonds is 5. The van der Waals surface area contributed by atoms with Crippen molar-refractivity contribution in [1.29, 1.82) is 0 Å². The molecular formula is C5H11NO4S. The van der Waals surface area contributed by atoms with Crippen molar-refractivity contribution in [3.8, 4) is 0 Å². The van der Waals surface area contributed by atoms with Crippen LogP contribution in [-0.2, 0) is 14.9 Å². The van der Waals surface area contributed by atoms with Gasteiger partial charge < -0.3 is 5.32 Å². The van der Waals surface area contributed by atoms with Crippen molar-refractivity contribution in [3.63, 3.8) is 0 Å². The molecule has 0 aliphatic rings. The molecule has 66 valence electrons. The minimum atomic E-state index is -4.13. The molecule has 1 atom stereocenters. The van der Waals surface area contributed by atoms with E-state index in [1.165, 1.54) is 0 Å². The summed E-state index contributed by atoms with van der Waals surface area (Å²) in [4.78, 5) is 9.85. The number of carbonyl (C=O) groups excluding carboxylic acids is 1. The molecule has 0 radical (unpaired) electrons. The van der Waals surface area contributed by atoms with E-state index >= 15 is 0 Å². The van der Waals surface area contributed by atoms with E-state index in [0.29, 0.717) is 6.42 Å². The number of hydrogen-bond acceptors (Lipinski definition) is 3. The van der Waals surface area contributed by atoms with Gasteiger partial charge in [0, 0.05) is 0 Å². The lowest BCUT2D eigenvalue weighted by atomic mass is 10.3. The molecule has 0 saturated heterocycles. The molecule has 0 fully saturated rings. The van der Waals surface area contributed by atoms with Crippen LogP contribution in [0.4, 0.5) is 0 Å². The largest absolute Gasteiger partial charge is 0.340 e. The molecule has 1 amide bonds. The van der Waals surface area contributed by atoms with Crippen molar-refractivity contribution in [1.82, 2.24) is 5.32 Å². The predicted molar refractivity (Wildman–Crippen MR) is 39.4 cm³/mol. The van der Waals surface area contributed by atoms with Crippen LogP contribution in [0, 0.1) is 0 Å². The van der Waals surface area contributed by atoms with Crippen molar-refractivity contribution < 1.29 is 17.8 Å². The molecular weight excluding hydrogens is 170 g/mol. The predicted octanol–water partition coefficient (Wildman–Crippen LogP) is -0.254. The summed E-state index contributed by atoms with van der Waals surface area (Å²) in [6, 6.07) is 0. The van der Waals surface area contributed by atoms with E-state index in [1.54, 1.807) is 6.92 Å². The highest BCUT2D eigenvalue weighted by Crippen LogP contribution is 2.01. The summed E-state index contributed by atoms with van der Waals surface area (Å²) in [5.41, 5.74) is 0. The zero-order valence-corrected chi connectivity index (χ0v) is 6.97. The third-order valence-corrected chi connectivity index (χ3v) is 2.26. The highest BCUT2D eigenvalue weighted by atomic mass is 32.2. The Morgan fingerprint density at radius 3 is 2.45 bits per heavy atom. The van der Waals surface area contributed by atoms with Gasteiger partial charge in [0.05, 0.1) is 0 Å². The first-order valence-electron chi connectivity index (χ1n) is 3.18. The topological polar surface area (TPSA) is 83.5 Å².